The first-order valence-electron chi connectivity index (χ1n) is 13.2. The molecule has 0 aliphatic heterocycles. The second kappa shape index (κ2) is 10.2. The van der Waals surface area contributed by atoms with Crippen LogP contribution in [0.2, 0.25) is 0 Å². The molecule has 1 heteroatoms. The Balaban J connectivity index is 1.65. The quantitative estimate of drug-likeness (QED) is 0.229. The van der Waals surface area contributed by atoms with Gasteiger partial charge in [0.05, 0.1) is 0 Å². The molecule has 2 aliphatic carbocycles. The van der Waals surface area contributed by atoms with Crippen molar-refractivity contribution in [1.82, 2.24) is 0 Å². The van der Waals surface area contributed by atoms with Crippen LogP contribution >= 0.6 is 0 Å². The molecule has 0 spiro atoms. The summed E-state index contributed by atoms with van der Waals surface area (Å²) in [6.45, 7) is 4.59. The summed E-state index contributed by atoms with van der Waals surface area (Å²) in [5.41, 5.74) is 14.9. The normalized spacial score (nSPS) is 15.3. The molecular formula is C35H31Zr. The zero-order valence-corrected chi connectivity index (χ0v) is 23.5. The monoisotopic (exact) mass is 541 g/mol. The van der Waals surface area contributed by atoms with E-state index in [9.17, 15) is 0 Å². The fraction of sp³-hybridized carbons (Fsp3) is 0.171. The van der Waals surface area contributed by atoms with Crippen molar-refractivity contribution in [1.29, 1.82) is 0 Å². The van der Waals surface area contributed by atoms with Crippen molar-refractivity contribution in [2.24, 2.45) is 0 Å². The van der Waals surface area contributed by atoms with Crippen molar-refractivity contribution in [2.75, 3.05) is 0 Å². The van der Waals surface area contributed by atoms with Crippen LogP contribution in [0.1, 0.15) is 62.8 Å². The summed E-state index contributed by atoms with van der Waals surface area (Å²) >= 11 is -1.13. The fourth-order valence-corrected chi connectivity index (χ4v) is 10.2. The first-order valence-corrected chi connectivity index (χ1v) is 15.8. The molecule has 1 atom stereocenters. The molecular weight excluding hydrogens is 512 g/mol. The molecule has 0 saturated carbocycles. The van der Waals surface area contributed by atoms with E-state index in [2.05, 4.69) is 123 Å². The van der Waals surface area contributed by atoms with Gasteiger partial charge in [0, 0.05) is 0 Å². The fourth-order valence-electron chi connectivity index (χ4n) is 5.81. The average Bonchev–Trinajstić information content (AvgIpc) is 3.58. The van der Waals surface area contributed by atoms with Crippen molar-refractivity contribution in [3.8, 4) is 11.1 Å². The third-order valence-corrected chi connectivity index (χ3v) is 11.9. The summed E-state index contributed by atoms with van der Waals surface area (Å²) in [5.74, 6) is 0. The van der Waals surface area contributed by atoms with E-state index in [0.29, 0.717) is 3.63 Å². The van der Waals surface area contributed by atoms with Gasteiger partial charge in [0.2, 0.25) is 0 Å². The van der Waals surface area contributed by atoms with Crippen molar-refractivity contribution in [3.05, 3.63) is 148 Å². The second-order valence-corrected chi connectivity index (χ2v) is 13.1. The van der Waals surface area contributed by atoms with Crippen molar-refractivity contribution < 1.29 is 22.8 Å². The van der Waals surface area contributed by atoms with E-state index in [4.69, 9.17) is 0 Å². The molecule has 0 amide bonds. The molecule has 2 aliphatic rings. The maximum atomic E-state index is 2.53. The Bertz CT molecular complexity index is 1460. The molecule has 175 valence electrons. The van der Waals surface area contributed by atoms with E-state index in [-0.39, 0.29) is 0 Å². The van der Waals surface area contributed by atoms with Gasteiger partial charge >= 0.3 is 228 Å². The number of benzene rings is 4. The molecule has 0 saturated heterocycles. The van der Waals surface area contributed by atoms with Crippen molar-refractivity contribution >= 4 is 8.78 Å². The van der Waals surface area contributed by atoms with Crippen LogP contribution in [-0.4, -0.2) is 3.21 Å². The number of hydrogen-bond acceptors (Lipinski definition) is 0. The molecule has 0 bridgehead atoms. The van der Waals surface area contributed by atoms with Gasteiger partial charge in [-0.15, -0.1) is 0 Å². The molecule has 0 radical (unpaired) electrons. The standard InChI is InChI=1S/C22H21.C13H10.Zr/c1-3-15-9-11-19-18(13-15)14-21-20(19)12-10-16(4-2)22(21)17-7-5-6-8-17;1-3-7-12(8-4-1)11-13-9-5-2-6-10-13;/h5-7,9-14H,3-4,8H2,1-2H3;1-10H;. The molecule has 0 N–H and O–H groups in total. The van der Waals surface area contributed by atoms with Crippen LogP contribution in [0.5, 0.6) is 0 Å². The van der Waals surface area contributed by atoms with E-state index in [1.807, 2.05) is 0 Å². The summed E-state index contributed by atoms with van der Waals surface area (Å²) in [7, 11) is 0. The number of rotatable bonds is 6. The zero-order valence-electron chi connectivity index (χ0n) is 21.1. The van der Waals surface area contributed by atoms with Gasteiger partial charge in [0.1, 0.15) is 0 Å². The van der Waals surface area contributed by atoms with Gasteiger partial charge in [-0.05, 0) is 0 Å². The van der Waals surface area contributed by atoms with Crippen LogP contribution in [0.15, 0.2) is 109 Å². The van der Waals surface area contributed by atoms with Gasteiger partial charge in [-0.1, -0.05) is 0 Å². The van der Waals surface area contributed by atoms with Crippen LogP contribution in [0, 0.1) is 0 Å². The maximum absolute atomic E-state index is 2.53. The molecule has 4 aromatic rings. The number of aryl methyl sites for hydroxylation is 2. The van der Waals surface area contributed by atoms with E-state index in [1.165, 1.54) is 39.0 Å². The molecule has 0 aromatic heterocycles. The summed E-state index contributed by atoms with van der Waals surface area (Å²) in [4.78, 5) is 0. The first kappa shape index (κ1) is 23.5. The predicted molar refractivity (Wildman–Crippen MR) is 150 cm³/mol. The first-order chi connectivity index (χ1) is 17.8. The van der Waals surface area contributed by atoms with Crippen LogP contribution in [0.3, 0.4) is 0 Å². The van der Waals surface area contributed by atoms with Gasteiger partial charge in [0.25, 0.3) is 0 Å². The van der Waals surface area contributed by atoms with Gasteiger partial charge in [-0.25, -0.2) is 0 Å². The second-order valence-electron chi connectivity index (χ2n) is 9.70. The van der Waals surface area contributed by atoms with Crippen molar-refractivity contribution in [3.63, 3.8) is 0 Å². The van der Waals surface area contributed by atoms with Crippen LogP contribution in [0.25, 0.3) is 16.7 Å². The molecule has 0 heterocycles. The van der Waals surface area contributed by atoms with E-state index >= 15 is 0 Å². The molecule has 4 aromatic carbocycles. The SMILES string of the molecule is CCc1ccc2c(c1)[CH]([Zr]=[C](c1ccccc1)c1ccccc1)c1c-2ccc(CC)c1C1=CC=CC1. The van der Waals surface area contributed by atoms with E-state index in [1.54, 1.807) is 19.9 Å². The molecule has 6 rings (SSSR count). The van der Waals surface area contributed by atoms with Gasteiger partial charge < -0.3 is 0 Å². The van der Waals surface area contributed by atoms with Gasteiger partial charge in [-0.2, -0.15) is 0 Å². The van der Waals surface area contributed by atoms with Gasteiger partial charge in [-0.3, -0.25) is 0 Å². The molecule has 0 fully saturated rings. The Kier molecular flexibility index (Phi) is 6.68. The van der Waals surface area contributed by atoms with E-state index in [0.717, 1.165) is 19.3 Å². The van der Waals surface area contributed by atoms with Gasteiger partial charge in [0.15, 0.2) is 0 Å². The topological polar surface area (TPSA) is 0 Å². The third-order valence-electron chi connectivity index (χ3n) is 7.63. The Hall–Kier alpha value is -2.89. The molecule has 36 heavy (non-hydrogen) atoms. The van der Waals surface area contributed by atoms with Crippen LogP contribution in [0.4, 0.5) is 0 Å². The summed E-state index contributed by atoms with van der Waals surface area (Å²) in [6, 6.07) is 34.4. The van der Waals surface area contributed by atoms with E-state index < -0.39 is 22.8 Å². The number of hydrogen-bond donors (Lipinski definition) is 0. The summed E-state index contributed by atoms with van der Waals surface area (Å²) in [6.07, 6.45) is 10.1. The summed E-state index contributed by atoms with van der Waals surface area (Å²) in [5, 5.41) is 0. The average molecular weight is 543 g/mol. The molecule has 0 nitrogen and oxygen atoms in total. The minimum absolute atomic E-state index is 0.503. The Morgan fingerprint density at radius 2 is 1.47 bits per heavy atom. The predicted octanol–water partition coefficient (Wildman–Crippen LogP) is 8.58. The Morgan fingerprint density at radius 1 is 0.778 bits per heavy atom. The Morgan fingerprint density at radius 3 is 2.08 bits per heavy atom. The number of fused-ring (bicyclic) bond motifs is 3. The Labute approximate surface area is 226 Å². The van der Waals surface area contributed by atoms with Crippen LogP contribution in [-0.2, 0) is 35.6 Å². The molecule has 1 unspecified atom stereocenters. The minimum atomic E-state index is -1.13. The number of allylic oxidation sites excluding steroid dienone is 4. The summed E-state index contributed by atoms with van der Waals surface area (Å²) < 4.78 is 2.10. The zero-order chi connectivity index (χ0) is 24.5. The van der Waals surface area contributed by atoms with Crippen molar-refractivity contribution in [2.45, 2.75) is 36.7 Å². The van der Waals surface area contributed by atoms with Crippen LogP contribution < -0.4 is 0 Å². The third kappa shape index (κ3) is 4.18.